The Morgan fingerprint density at radius 2 is 1.25 bits per heavy atom. The van der Waals surface area contributed by atoms with Crippen LogP contribution in [0.4, 0.5) is 0 Å². The summed E-state index contributed by atoms with van der Waals surface area (Å²) in [6.45, 7) is 0. The zero-order valence-corrected chi connectivity index (χ0v) is 20.7. The van der Waals surface area contributed by atoms with E-state index in [0.717, 1.165) is 12.1 Å². The number of hydrogen-bond donors (Lipinski definition) is 7. The quantitative estimate of drug-likeness (QED) is 0.146. The van der Waals surface area contributed by atoms with Gasteiger partial charge in [0.05, 0.1) is 17.6 Å². The summed E-state index contributed by atoms with van der Waals surface area (Å²) in [6, 6.07) is 15.5. The van der Waals surface area contributed by atoms with E-state index in [1.54, 1.807) is 24.3 Å². The Kier molecular flexibility index (Phi) is 5.85. The van der Waals surface area contributed by atoms with Gasteiger partial charge in [0, 0.05) is 23.6 Å². The van der Waals surface area contributed by atoms with Crippen LogP contribution >= 0.6 is 0 Å². The van der Waals surface area contributed by atoms with Crippen LogP contribution in [0, 0.1) is 0 Å². The molecule has 10 nitrogen and oxygen atoms in total. The van der Waals surface area contributed by atoms with E-state index in [9.17, 15) is 40.5 Å². The molecule has 10 heteroatoms. The van der Waals surface area contributed by atoms with Crippen molar-refractivity contribution in [3.05, 3.63) is 94.5 Å². The maximum absolute atomic E-state index is 14.1. The molecule has 0 amide bonds. The van der Waals surface area contributed by atoms with Gasteiger partial charge in [-0.15, -0.1) is 0 Å². The molecule has 2 aliphatic rings. The lowest BCUT2D eigenvalue weighted by Crippen LogP contribution is -2.31. The molecule has 0 radical (unpaired) electrons. The first-order valence-electron chi connectivity index (χ1n) is 12.4. The molecule has 0 saturated carbocycles. The summed E-state index contributed by atoms with van der Waals surface area (Å²) in [5.74, 6) is -3.74. The SMILES string of the molecule is O=C(c1cc(O)c(O)c(O)c1)[C@@H]1c2c(cc(O)c3c2O[C@H](c2ccc(O)cc2)[C@@H](O)C3)O[C@@H]1c1ccc(O)cc1. The first-order valence-corrected chi connectivity index (χ1v) is 12.4. The summed E-state index contributed by atoms with van der Waals surface area (Å²) in [4.78, 5) is 14.1. The minimum atomic E-state index is -1.12. The molecule has 0 fully saturated rings. The fourth-order valence-electron chi connectivity index (χ4n) is 5.35. The average molecular weight is 545 g/mol. The molecule has 0 unspecified atom stereocenters. The lowest BCUT2D eigenvalue weighted by Gasteiger charge is -2.33. The summed E-state index contributed by atoms with van der Waals surface area (Å²) in [5.41, 5.74) is 1.51. The number of carbonyl (C=O) groups is 1. The minimum absolute atomic E-state index is 0.000369. The van der Waals surface area contributed by atoms with E-state index >= 15 is 0 Å². The van der Waals surface area contributed by atoms with E-state index in [1.807, 2.05) is 0 Å². The highest BCUT2D eigenvalue weighted by molar-refractivity contribution is 6.04. The molecule has 0 aliphatic carbocycles. The van der Waals surface area contributed by atoms with Crippen molar-refractivity contribution in [1.29, 1.82) is 0 Å². The number of ether oxygens (including phenoxy) is 2. The van der Waals surface area contributed by atoms with Crippen molar-refractivity contribution < 1.29 is 50.0 Å². The van der Waals surface area contributed by atoms with Crippen LogP contribution in [0.3, 0.4) is 0 Å². The number of aliphatic hydroxyl groups excluding tert-OH is 1. The second-order valence-electron chi connectivity index (χ2n) is 9.85. The normalized spacial score (nSPS) is 21.1. The number of fused-ring (bicyclic) bond motifs is 3. The summed E-state index contributed by atoms with van der Waals surface area (Å²) >= 11 is 0. The summed E-state index contributed by atoms with van der Waals surface area (Å²) in [7, 11) is 0. The lowest BCUT2D eigenvalue weighted by atomic mass is 9.82. The zero-order chi connectivity index (χ0) is 28.3. The molecule has 4 aromatic rings. The lowest BCUT2D eigenvalue weighted by molar-refractivity contribution is 0.0191. The Bertz CT molecular complexity index is 1610. The van der Waals surface area contributed by atoms with Crippen LogP contribution in [-0.4, -0.2) is 47.6 Å². The van der Waals surface area contributed by atoms with Gasteiger partial charge in [-0.2, -0.15) is 0 Å². The number of aromatic hydroxyl groups is 6. The van der Waals surface area contributed by atoms with E-state index < -0.39 is 47.3 Å². The number of phenols is 6. The number of benzene rings is 4. The highest BCUT2D eigenvalue weighted by Gasteiger charge is 2.47. The smallest absolute Gasteiger partial charge is 0.200 e. The molecule has 7 N–H and O–H groups in total. The number of rotatable bonds is 4. The summed E-state index contributed by atoms with van der Waals surface area (Å²) in [6.07, 6.45) is -2.93. The fraction of sp³-hybridized carbons (Fsp3) is 0.167. The van der Waals surface area contributed by atoms with Crippen molar-refractivity contribution in [1.82, 2.24) is 0 Å². The molecule has 0 spiro atoms. The topological polar surface area (TPSA) is 177 Å². The standard InChI is InChI=1S/C30H24O10/c31-16-5-1-13(2-6-16)28-22(36)11-18-19(33)12-23-24(30(18)40-28)25(29(39-23)14-3-7-17(32)8-4-14)26(37)15-9-20(34)27(38)21(35)10-15/h1-10,12,22,25,28-29,31-36,38H,11H2/t22-,25-,28+,29+/m0/s1. The summed E-state index contributed by atoms with van der Waals surface area (Å²) in [5, 5.41) is 71.3. The number of ketones is 1. The molecular formula is C30H24O10. The summed E-state index contributed by atoms with van der Waals surface area (Å²) < 4.78 is 12.5. The number of carbonyl (C=O) groups excluding carboxylic acids is 1. The third-order valence-electron chi connectivity index (χ3n) is 7.32. The van der Waals surface area contributed by atoms with Crippen LogP contribution in [0.2, 0.25) is 0 Å². The van der Waals surface area contributed by atoms with E-state index in [-0.39, 0.29) is 46.3 Å². The molecule has 0 aromatic heterocycles. The van der Waals surface area contributed by atoms with Gasteiger partial charge < -0.3 is 45.2 Å². The van der Waals surface area contributed by atoms with Crippen LogP contribution in [0.5, 0.6) is 46.0 Å². The van der Waals surface area contributed by atoms with Crippen molar-refractivity contribution in [2.45, 2.75) is 30.7 Å². The van der Waals surface area contributed by atoms with Gasteiger partial charge in [-0.3, -0.25) is 4.79 Å². The Morgan fingerprint density at radius 3 is 1.82 bits per heavy atom. The molecule has 6 rings (SSSR count). The molecular weight excluding hydrogens is 520 g/mol. The highest BCUT2D eigenvalue weighted by atomic mass is 16.5. The van der Waals surface area contributed by atoms with Crippen molar-refractivity contribution in [3.63, 3.8) is 0 Å². The third-order valence-corrected chi connectivity index (χ3v) is 7.32. The Balaban J connectivity index is 1.52. The monoisotopic (exact) mass is 544 g/mol. The van der Waals surface area contributed by atoms with Crippen LogP contribution in [0.15, 0.2) is 66.7 Å². The molecule has 0 saturated heterocycles. The van der Waals surface area contributed by atoms with Gasteiger partial charge in [0.25, 0.3) is 0 Å². The van der Waals surface area contributed by atoms with Crippen molar-refractivity contribution in [2.75, 3.05) is 0 Å². The van der Waals surface area contributed by atoms with Crippen molar-refractivity contribution in [3.8, 4) is 46.0 Å². The van der Waals surface area contributed by atoms with Crippen LogP contribution in [0.1, 0.15) is 50.7 Å². The first-order chi connectivity index (χ1) is 19.1. The molecule has 2 aliphatic heterocycles. The number of hydrogen-bond acceptors (Lipinski definition) is 10. The van der Waals surface area contributed by atoms with Crippen LogP contribution in [0.25, 0.3) is 0 Å². The number of phenolic OH excluding ortho intramolecular Hbond substituents is 6. The van der Waals surface area contributed by atoms with E-state index in [0.29, 0.717) is 16.7 Å². The van der Waals surface area contributed by atoms with Gasteiger partial charge in [0.15, 0.2) is 23.0 Å². The second-order valence-corrected chi connectivity index (χ2v) is 9.85. The predicted molar refractivity (Wildman–Crippen MR) is 139 cm³/mol. The third kappa shape index (κ3) is 4.05. The van der Waals surface area contributed by atoms with Gasteiger partial charge in [0.1, 0.15) is 41.0 Å². The molecule has 0 bridgehead atoms. The first kappa shape index (κ1) is 25.2. The van der Waals surface area contributed by atoms with Crippen LogP contribution < -0.4 is 9.47 Å². The Morgan fingerprint density at radius 1 is 0.700 bits per heavy atom. The van der Waals surface area contributed by atoms with Gasteiger partial charge >= 0.3 is 0 Å². The molecule has 40 heavy (non-hydrogen) atoms. The van der Waals surface area contributed by atoms with E-state index in [2.05, 4.69) is 0 Å². The van der Waals surface area contributed by atoms with Crippen LogP contribution in [-0.2, 0) is 6.42 Å². The highest BCUT2D eigenvalue weighted by Crippen LogP contribution is 2.57. The molecule has 204 valence electrons. The van der Waals surface area contributed by atoms with E-state index in [1.165, 1.54) is 30.3 Å². The second kappa shape index (κ2) is 9.28. The minimum Gasteiger partial charge on any atom is -0.508 e. The fourth-order valence-corrected chi connectivity index (χ4v) is 5.35. The Hall–Kier alpha value is -5.09. The zero-order valence-electron chi connectivity index (χ0n) is 20.7. The molecule has 4 atom stereocenters. The van der Waals surface area contributed by atoms with Gasteiger partial charge in [-0.25, -0.2) is 0 Å². The van der Waals surface area contributed by atoms with Gasteiger partial charge in [-0.05, 0) is 47.5 Å². The molecule has 2 heterocycles. The van der Waals surface area contributed by atoms with Gasteiger partial charge in [-0.1, -0.05) is 24.3 Å². The predicted octanol–water partition coefficient (Wildman–Crippen LogP) is 4.06. The van der Waals surface area contributed by atoms with Crippen molar-refractivity contribution >= 4 is 5.78 Å². The number of aliphatic hydroxyl groups is 1. The number of Topliss-reactive ketones (excluding diaryl/α,β-unsaturated/α-hetero) is 1. The maximum atomic E-state index is 14.1. The maximum Gasteiger partial charge on any atom is 0.200 e. The largest absolute Gasteiger partial charge is 0.508 e. The molecule has 4 aromatic carbocycles. The van der Waals surface area contributed by atoms with Gasteiger partial charge in [0.2, 0.25) is 0 Å². The Labute approximate surface area is 227 Å². The van der Waals surface area contributed by atoms with E-state index in [4.69, 9.17) is 9.47 Å². The van der Waals surface area contributed by atoms with Crippen molar-refractivity contribution in [2.24, 2.45) is 0 Å². The average Bonchev–Trinajstić information content (AvgIpc) is 3.31.